The maximum absolute atomic E-state index is 13.1. The highest BCUT2D eigenvalue weighted by Crippen LogP contribution is 2.46. The van der Waals surface area contributed by atoms with E-state index in [4.69, 9.17) is 9.26 Å². The predicted octanol–water partition coefficient (Wildman–Crippen LogP) is 6.43. The third kappa shape index (κ3) is 5.08. The molecule has 1 saturated heterocycles. The minimum Gasteiger partial charge on any atom is -0.478 e. The number of carboxylic acid groups (broad SMARTS) is 1. The SMILES string of the molecule is O=C(O)c1cnn2ccc(N3CCC(OCc4c(-c5ccccc5OC(F)(F)F)noc4C4CC4)CC4CCC43)cc12. The molecule has 3 aliphatic rings. The number of nitrogens with zero attached hydrogens (tertiary/aromatic N) is 4. The van der Waals surface area contributed by atoms with Gasteiger partial charge in [-0.25, -0.2) is 9.31 Å². The Morgan fingerprint density at radius 2 is 1.95 bits per heavy atom. The second-order valence-electron chi connectivity index (χ2n) is 11.3. The molecule has 3 fully saturated rings. The highest BCUT2D eigenvalue weighted by atomic mass is 19.4. The van der Waals surface area contributed by atoms with Crippen LogP contribution in [0.2, 0.25) is 0 Å². The first kappa shape index (κ1) is 26.8. The van der Waals surface area contributed by atoms with Crippen molar-refractivity contribution in [1.29, 1.82) is 0 Å². The van der Waals surface area contributed by atoms with Crippen molar-refractivity contribution in [3.8, 4) is 17.0 Å². The van der Waals surface area contributed by atoms with Gasteiger partial charge in [-0.1, -0.05) is 17.3 Å². The van der Waals surface area contributed by atoms with E-state index in [0.29, 0.717) is 34.5 Å². The van der Waals surface area contributed by atoms with E-state index >= 15 is 0 Å². The number of hydrogen-bond donors (Lipinski definition) is 1. The Bertz CT molecular complexity index is 1630. The average molecular weight is 583 g/mol. The molecule has 42 heavy (non-hydrogen) atoms. The number of alkyl halides is 3. The molecule has 3 atom stereocenters. The largest absolute Gasteiger partial charge is 0.573 e. The Balaban J connectivity index is 1.11. The number of hydrogen-bond acceptors (Lipinski definition) is 7. The van der Waals surface area contributed by atoms with Crippen molar-refractivity contribution in [3.63, 3.8) is 0 Å². The number of fused-ring (bicyclic) bond motifs is 2. The molecule has 220 valence electrons. The number of ether oxygens (including phenoxy) is 2. The topological polar surface area (TPSA) is 102 Å². The van der Waals surface area contributed by atoms with Crippen LogP contribution in [0.4, 0.5) is 18.9 Å². The summed E-state index contributed by atoms with van der Waals surface area (Å²) in [6.07, 6.45) is 3.87. The first-order chi connectivity index (χ1) is 20.2. The van der Waals surface area contributed by atoms with Crippen LogP contribution in [0, 0.1) is 5.92 Å². The highest BCUT2D eigenvalue weighted by molar-refractivity contribution is 5.95. The number of aromatic carboxylic acids is 1. The lowest BCUT2D eigenvalue weighted by Gasteiger charge is -2.44. The van der Waals surface area contributed by atoms with Gasteiger partial charge in [0.05, 0.1) is 24.4 Å². The van der Waals surface area contributed by atoms with Gasteiger partial charge in [-0.2, -0.15) is 5.10 Å². The van der Waals surface area contributed by atoms with Gasteiger partial charge in [-0.3, -0.25) is 0 Å². The van der Waals surface area contributed by atoms with Gasteiger partial charge < -0.3 is 24.0 Å². The zero-order valence-corrected chi connectivity index (χ0v) is 22.6. The summed E-state index contributed by atoms with van der Waals surface area (Å²) >= 11 is 0. The van der Waals surface area contributed by atoms with Gasteiger partial charge in [-0.05, 0) is 68.7 Å². The number of para-hydroxylation sites is 1. The molecule has 2 aliphatic carbocycles. The van der Waals surface area contributed by atoms with Crippen LogP contribution < -0.4 is 9.64 Å². The summed E-state index contributed by atoms with van der Waals surface area (Å²) in [6.45, 7) is 0.906. The second-order valence-corrected chi connectivity index (χ2v) is 11.3. The summed E-state index contributed by atoms with van der Waals surface area (Å²) in [7, 11) is 0. The Kier molecular flexibility index (Phi) is 6.60. The third-order valence-corrected chi connectivity index (χ3v) is 8.70. The summed E-state index contributed by atoms with van der Waals surface area (Å²) in [5, 5.41) is 17.9. The second kappa shape index (κ2) is 10.3. The number of halogens is 3. The lowest BCUT2D eigenvalue weighted by molar-refractivity contribution is -0.274. The maximum atomic E-state index is 13.1. The van der Waals surface area contributed by atoms with Crippen molar-refractivity contribution in [1.82, 2.24) is 14.8 Å². The standard InChI is InChI=1S/C30H29F3N4O5/c31-30(32,33)41-26-4-2-1-3-21(26)27-23(28(42-35-27)17-5-6-17)16-40-20-10-11-36(24-8-7-18(24)13-20)19-9-12-37-25(14-19)22(15-34-37)29(38)39/h1-4,9,12,14-15,17-18,20,24H,5-8,10-11,13,16H2,(H,38,39). The normalized spacial score (nSPS) is 22.5. The molecule has 0 bridgehead atoms. The summed E-state index contributed by atoms with van der Waals surface area (Å²) in [6, 6.07) is 10.1. The van der Waals surface area contributed by atoms with Crippen molar-refractivity contribution in [2.24, 2.45) is 5.92 Å². The van der Waals surface area contributed by atoms with Crippen LogP contribution in [0.25, 0.3) is 16.8 Å². The van der Waals surface area contributed by atoms with Crippen LogP contribution in [-0.4, -0.2) is 50.9 Å². The Morgan fingerprint density at radius 1 is 1.12 bits per heavy atom. The Hall–Kier alpha value is -4.06. The third-order valence-electron chi connectivity index (χ3n) is 8.70. The van der Waals surface area contributed by atoms with Gasteiger partial charge >= 0.3 is 12.3 Å². The van der Waals surface area contributed by atoms with Gasteiger partial charge in [0.2, 0.25) is 0 Å². The van der Waals surface area contributed by atoms with Crippen molar-refractivity contribution >= 4 is 17.2 Å². The van der Waals surface area contributed by atoms with Gasteiger partial charge in [0.1, 0.15) is 22.8 Å². The van der Waals surface area contributed by atoms with E-state index in [9.17, 15) is 23.1 Å². The zero-order chi connectivity index (χ0) is 29.0. The number of carboxylic acids is 1. The lowest BCUT2D eigenvalue weighted by Crippen LogP contribution is -2.46. The van der Waals surface area contributed by atoms with Crippen LogP contribution >= 0.6 is 0 Å². The molecule has 3 aromatic heterocycles. The van der Waals surface area contributed by atoms with Crippen molar-refractivity contribution < 1.29 is 37.1 Å². The number of anilines is 1. The monoisotopic (exact) mass is 582 g/mol. The smallest absolute Gasteiger partial charge is 0.478 e. The van der Waals surface area contributed by atoms with E-state index in [-0.39, 0.29) is 35.5 Å². The molecule has 1 N–H and O–H groups in total. The van der Waals surface area contributed by atoms with Crippen molar-refractivity contribution in [2.75, 3.05) is 11.4 Å². The van der Waals surface area contributed by atoms with Crippen LogP contribution in [-0.2, 0) is 11.3 Å². The number of benzene rings is 1. The summed E-state index contributed by atoms with van der Waals surface area (Å²) in [4.78, 5) is 14.0. The van der Waals surface area contributed by atoms with E-state index < -0.39 is 12.3 Å². The van der Waals surface area contributed by atoms with Crippen LogP contribution in [0.1, 0.15) is 66.1 Å². The Labute approximate surface area is 238 Å². The van der Waals surface area contributed by atoms with Gasteiger partial charge in [0.15, 0.2) is 0 Å². The number of aromatic nitrogens is 3. The molecule has 3 unspecified atom stereocenters. The quantitative estimate of drug-likeness (QED) is 0.254. The molecule has 12 heteroatoms. The van der Waals surface area contributed by atoms with Gasteiger partial charge in [-0.15, -0.1) is 13.2 Å². The average Bonchev–Trinajstić information content (AvgIpc) is 3.58. The molecule has 7 rings (SSSR count). The van der Waals surface area contributed by atoms with Gasteiger partial charge in [0, 0.05) is 41.5 Å². The molecule has 4 aromatic rings. The summed E-state index contributed by atoms with van der Waals surface area (Å²) < 4.78 is 57.4. The summed E-state index contributed by atoms with van der Waals surface area (Å²) in [5.41, 5.74) is 2.88. The number of carbonyl (C=O) groups is 1. The highest BCUT2D eigenvalue weighted by Gasteiger charge is 2.41. The summed E-state index contributed by atoms with van der Waals surface area (Å²) in [5.74, 6) is -0.0598. The molecule has 4 heterocycles. The number of pyridine rings is 1. The van der Waals surface area contributed by atoms with Crippen molar-refractivity contribution in [3.05, 3.63) is 65.7 Å². The Morgan fingerprint density at radius 3 is 2.69 bits per heavy atom. The molecule has 2 saturated carbocycles. The lowest BCUT2D eigenvalue weighted by atomic mass is 9.76. The van der Waals surface area contributed by atoms with Crippen LogP contribution in [0.5, 0.6) is 5.75 Å². The van der Waals surface area contributed by atoms with Crippen LogP contribution in [0.3, 0.4) is 0 Å². The van der Waals surface area contributed by atoms with E-state index in [1.165, 1.54) is 18.3 Å². The molecule has 9 nitrogen and oxygen atoms in total. The predicted molar refractivity (Wildman–Crippen MR) is 144 cm³/mol. The van der Waals surface area contributed by atoms with Crippen LogP contribution in [0.15, 0.2) is 53.3 Å². The maximum Gasteiger partial charge on any atom is 0.573 e. The van der Waals surface area contributed by atoms with E-state index in [2.05, 4.69) is 19.9 Å². The van der Waals surface area contributed by atoms with Gasteiger partial charge in [0.25, 0.3) is 0 Å². The first-order valence-electron chi connectivity index (χ1n) is 14.2. The molecule has 0 spiro atoms. The fourth-order valence-electron chi connectivity index (χ4n) is 6.34. The molecule has 0 amide bonds. The van der Waals surface area contributed by atoms with E-state index in [1.54, 1.807) is 22.8 Å². The van der Waals surface area contributed by atoms with E-state index in [1.807, 2.05) is 12.1 Å². The molecule has 0 radical (unpaired) electrons. The van der Waals surface area contributed by atoms with E-state index in [0.717, 1.165) is 50.8 Å². The first-order valence-corrected chi connectivity index (χ1v) is 14.2. The fraction of sp³-hybridized carbons (Fsp3) is 0.433. The molecule has 1 aromatic carbocycles. The fourth-order valence-corrected chi connectivity index (χ4v) is 6.34. The van der Waals surface area contributed by atoms with Crippen molar-refractivity contribution in [2.45, 2.75) is 69.6 Å². The minimum atomic E-state index is -4.83. The molecular formula is C30H29F3N4O5. The molecular weight excluding hydrogens is 553 g/mol. The molecule has 1 aliphatic heterocycles. The minimum absolute atomic E-state index is 0.0625. The number of rotatable bonds is 8. The zero-order valence-electron chi connectivity index (χ0n) is 22.6.